The molecule has 1 aliphatic rings. The highest BCUT2D eigenvalue weighted by atomic mass is 28.4. The maximum Gasteiger partial charge on any atom is 0.411 e. The van der Waals surface area contributed by atoms with Crippen molar-refractivity contribution in [2.24, 2.45) is 11.8 Å². The first kappa shape index (κ1) is 44.8. The van der Waals surface area contributed by atoms with Crippen LogP contribution in [0, 0.1) is 25.7 Å². The Balaban J connectivity index is 1.60. The van der Waals surface area contributed by atoms with Gasteiger partial charge < -0.3 is 24.1 Å². The summed E-state index contributed by atoms with van der Waals surface area (Å²) in [7, 11) is -2.04. The number of esters is 1. The van der Waals surface area contributed by atoms with E-state index in [4.69, 9.17) is 13.9 Å². The van der Waals surface area contributed by atoms with Gasteiger partial charge >= 0.3 is 12.1 Å². The molecule has 0 saturated heterocycles. The summed E-state index contributed by atoms with van der Waals surface area (Å²) in [5.74, 6) is -2.07. The first-order valence-corrected chi connectivity index (χ1v) is 21.9. The number of anilines is 1. The SMILES string of the molecule is C=CCOC(=O)C[C@H](C(=O)N[C@@H](C)C(=O)Cc1ccc(COC(=O)Nc2cc(C)c(C)cc2C(=O)N2C=C(C)C[C@H]2CO[Si](C)(C)C(C)(C)C)cc1)C(C)C. The van der Waals surface area contributed by atoms with Gasteiger partial charge in [-0.2, -0.15) is 0 Å². The summed E-state index contributed by atoms with van der Waals surface area (Å²) in [6, 6.07) is 9.75. The molecule has 2 N–H and O–H groups in total. The first-order chi connectivity index (χ1) is 25.6. The number of hydrogen-bond acceptors (Lipinski definition) is 8. The Bertz CT molecular complexity index is 1760. The molecule has 11 nitrogen and oxygen atoms in total. The maximum absolute atomic E-state index is 14.1. The van der Waals surface area contributed by atoms with Gasteiger partial charge in [-0.3, -0.25) is 24.5 Å². The first-order valence-electron chi connectivity index (χ1n) is 19.0. The lowest BCUT2D eigenvalue weighted by atomic mass is 9.91. The Labute approximate surface area is 328 Å². The van der Waals surface area contributed by atoms with E-state index >= 15 is 0 Å². The van der Waals surface area contributed by atoms with Crippen molar-refractivity contribution in [2.75, 3.05) is 18.5 Å². The number of carbonyl (C=O) groups excluding carboxylic acids is 5. The lowest BCUT2D eigenvalue weighted by Gasteiger charge is -2.38. The monoisotopic (exact) mass is 775 g/mol. The number of benzene rings is 2. The quantitative estimate of drug-likeness (QED) is 0.0932. The second-order valence-corrected chi connectivity index (χ2v) is 21.3. The van der Waals surface area contributed by atoms with Gasteiger partial charge in [-0.1, -0.05) is 77.1 Å². The van der Waals surface area contributed by atoms with E-state index < -0.39 is 32.3 Å². The fraction of sp³-hybridized carbons (Fsp3) is 0.512. The molecular formula is C43H61N3O8Si. The van der Waals surface area contributed by atoms with Crippen molar-refractivity contribution in [1.82, 2.24) is 10.2 Å². The minimum absolute atomic E-state index is 0.0343. The number of ketones is 1. The molecule has 0 radical (unpaired) electrons. The Morgan fingerprint density at radius 1 is 0.964 bits per heavy atom. The summed E-state index contributed by atoms with van der Waals surface area (Å²) < 4.78 is 17.1. The van der Waals surface area contributed by atoms with Crippen LogP contribution in [0.15, 0.2) is 60.8 Å². The van der Waals surface area contributed by atoms with E-state index in [-0.39, 0.29) is 60.7 Å². The highest BCUT2D eigenvalue weighted by molar-refractivity contribution is 6.74. The molecule has 3 rings (SSSR count). The third-order valence-corrected chi connectivity index (χ3v) is 15.1. The smallest absolute Gasteiger partial charge is 0.411 e. The normalized spacial score (nSPS) is 15.5. The molecule has 0 aliphatic carbocycles. The maximum atomic E-state index is 14.1. The number of amides is 3. The van der Waals surface area contributed by atoms with Crippen molar-refractivity contribution < 1.29 is 37.9 Å². The average molecular weight is 776 g/mol. The van der Waals surface area contributed by atoms with Gasteiger partial charge in [0.25, 0.3) is 5.91 Å². The molecule has 2 aromatic rings. The van der Waals surface area contributed by atoms with Crippen molar-refractivity contribution in [3.63, 3.8) is 0 Å². The molecule has 55 heavy (non-hydrogen) atoms. The third-order valence-electron chi connectivity index (χ3n) is 10.6. The van der Waals surface area contributed by atoms with Crippen molar-refractivity contribution >= 4 is 43.7 Å². The van der Waals surface area contributed by atoms with Crippen LogP contribution in [0.25, 0.3) is 0 Å². The number of aryl methyl sites for hydroxylation is 2. The van der Waals surface area contributed by atoms with Gasteiger partial charge in [0.1, 0.15) is 13.2 Å². The predicted molar refractivity (Wildman–Crippen MR) is 218 cm³/mol. The van der Waals surface area contributed by atoms with Crippen LogP contribution in [-0.4, -0.2) is 68.2 Å². The zero-order valence-corrected chi connectivity index (χ0v) is 35.6. The van der Waals surface area contributed by atoms with Crippen molar-refractivity contribution in [2.45, 2.75) is 118 Å². The molecular weight excluding hydrogens is 715 g/mol. The molecule has 0 aromatic heterocycles. The number of carbonyl (C=O) groups is 5. The van der Waals surface area contributed by atoms with E-state index in [1.807, 2.05) is 40.8 Å². The van der Waals surface area contributed by atoms with Crippen LogP contribution in [0.4, 0.5) is 10.5 Å². The molecule has 1 aliphatic heterocycles. The van der Waals surface area contributed by atoms with E-state index in [1.165, 1.54) is 6.08 Å². The molecule has 12 heteroatoms. The van der Waals surface area contributed by atoms with E-state index in [0.29, 0.717) is 29.8 Å². The van der Waals surface area contributed by atoms with Crippen LogP contribution in [-0.2, 0) is 41.3 Å². The molecule has 2 aromatic carbocycles. The molecule has 0 saturated carbocycles. The Kier molecular flexibility index (Phi) is 15.8. The zero-order chi connectivity index (χ0) is 41.2. The predicted octanol–water partition coefficient (Wildman–Crippen LogP) is 8.20. The molecule has 0 spiro atoms. The summed E-state index contributed by atoms with van der Waals surface area (Å²) in [4.78, 5) is 66.9. The zero-order valence-electron chi connectivity index (χ0n) is 34.6. The van der Waals surface area contributed by atoms with Crippen LogP contribution in [0.2, 0.25) is 18.1 Å². The number of rotatable bonds is 17. The van der Waals surface area contributed by atoms with Gasteiger partial charge in [0.05, 0.1) is 42.3 Å². The van der Waals surface area contributed by atoms with Crippen LogP contribution in [0.5, 0.6) is 0 Å². The lowest BCUT2D eigenvalue weighted by Crippen LogP contribution is -2.45. The van der Waals surface area contributed by atoms with Gasteiger partial charge in [0.2, 0.25) is 5.91 Å². The van der Waals surface area contributed by atoms with Crippen LogP contribution < -0.4 is 10.6 Å². The van der Waals surface area contributed by atoms with Gasteiger partial charge in [0, 0.05) is 12.6 Å². The number of hydrogen-bond donors (Lipinski definition) is 2. The molecule has 3 amide bonds. The summed E-state index contributed by atoms with van der Waals surface area (Å²) in [6.45, 7) is 26.1. The molecule has 300 valence electrons. The minimum atomic E-state index is -2.04. The highest BCUT2D eigenvalue weighted by Crippen LogP contribution is 2.37. The molecule has 0 bridgehead atoms. The van der Waals surface area contributed by atoms with E-state index in [9.17, 15) is 24.0 Å². The third kappa shape index (κ3) is 12.7. The average Bonchev–Trinajstić information content (AvgIpc) is 3.49. The van der Waals surface area contributed by atoms with Crippen molar-refractivity contribution in [3.05, 3.63) is 88.6 Å². The largest absolute Gasteiger partial charge is 0.461 e. The van der Waals surface area contributed by atoms with Gasteiger partial charge in [-0.25, -0.2) is 4.79 Å². The Morgan fingerprint density at radius 2 is 1.58 bits per heavy atom. The lowest BCUT2D eigenvalue weighted by molar-refractivity contribution is -0.146. The van der Waals surface area contributed by atoms with Crippen molar-refractivity contribution in [3.8, 4) is 0 Å². The van der Waals surface area contributed by atoms with E-state index in [1.54, 1.807) is 48.2 Å². The Morgan fingerprint density at radius 3 is 2.18 bits per heavy atom. The van der Waals surface area contributed by atoms with Crippen molar-refractivity contribution in [1.29, 1.82) is 0 Å². The van der Waals surface area contributed by atoms with Gasteiger partial charge in [-0.05, 0) is 92.6 Å². The molecule has 1 heterocycles. The molecule has 0 fully saturated rings. The van der Waals surface area contributed by atoms with E-state index in [0.717, 1.165) is 22.3 Å². The van der Waals surface area contributed by atoms with Gasteiger partial charge in [-0.15, -0.1) is 0 Å². The number of nitrogens with one attached hydrogen (secondary N) is 2. The highest BCUT2D eigenvalue weighted by Gasteiger charge is 2.39. The molecule has 0 unspecified atom stereocenters. The number of ether oxygens (including phenoxy) is 2. The number of nitrogens with zero attached hydrogens (tertiary/aromatic N) is 1. The van der Waals surface area contributed by atoms with Crippen LogP contribution in [0.1, 0.15) is 93.9 Å². The topological polar surface area (TPSA) is 140 Å². The number of Topliss-reactive ketones (excluding diaryl/α,β-unsaturated/α-hetero) is 1. The summed E-state index contributed by atoms with van der Waals surface area (Å²) in [6.07, 6.45) is 3.34. The molecule has 3 atom stereocenters. The fourth-order valence-electron chi connectivity index (χ4n) is 5.81. The van der Waals surface area contributed by atoms with E-state index in [2.05, 4.69) is 51.1 Å². The summed E-state index contributed by atoms with van der Waals surface area (Å²) in [5, 5.41) is 5.58. The van der Waals surface area contributed by atoms with Crippen LogP contribution >= 0.6 is 0 Å². The standard InChI is InChI=1S/C43H61N3O8Si/c1-13-18-52-39(48)23-35(27(2)3)40(49)44-31(7)38(47)22-32-14-16-33(17-15-32)25-53-42(51)45-37-21-30(6)29(5)20-36(37)41(50)46-24-28(4)19-34(46)26-54-55(11,12)43(8,9)10/h13-17,20-21,24,27,31,34-35H,1,18-19,22-23,25-26H2,2-12H3,(H,44,49)(H,45,51)/t31-,34-,35-/m0/s1. The van der Waals surface area contributed by atoms with Gasteiger partial charge in [0.15, 0.2) is 14.1 Å². The summed E-state index contributed by atoms with van der Waals surface area (Å²) in [5.41, 5.74) is 5.09. The Hall–Kier alpha value is -4.55. The fourth-order valence-corrected chi connectivity index (χ4v) is 6.85. The summed E-state index contributed by atoms with van der Waals surface area (Å²) >= 11 is 0. The second kappa shape index (κ2) is 19.3. The second-order valence-electron chi connectivity index (χ2n) is 16.5. The minimum Gasteiger partial charge on any atom is -0.461 e. The van der Waals surface area contributed by atoms with Crippen LogP contribution in [0.3, 0.4) is 0 Å².